The van der Waals surface area contributed by atoms with E-state index in [4.69, 9.17) is 11.1 Å². The molecule has 0 spiro atoms. The molecular formula is C8H7IN6. The third-order valence-electron chi connectivity index (χ3n) is 1.67. The van der Waals surface area contributed by atoms with Crippen LogP contribution in [0.15, 0.2) is 24.7 Å². The van der Waals surface area contributed by atoms with Crippen LogP contribution >= 0.6 is 22.6 Å². The Morgan fingerprint density at radius 1 is 1.53 bits per heavy atom. The summed E-state index contributed by atoms with van der Waals surface area (Å²) < 4.78 is 2.53. The number of nitrogens with zero attached hydrogens (tertiary/aromatic N) is 4. The summed E-state index contributed by atoms with van der Waals surface area (Å²) in [5.74, 6) is 0.325. The Kier molecular flexibility index (Phi) is 2.62. The van der Waals surface area contributed by atoms with E-state index in [1.807, 2.05) is 0 Å². The van der Waals surface area contributed by atoms with Gasteiger partial charge in [-0.2, -0.15) is 5.10 Å². The first-order valence-corrected chi connectivity index (χ1v) is 5.12. The second-order valence-electron chi connectivity index (χ2n) is 2.76. The second kappa shape index (κ2) is 3.93. The van der Waals surface area contributed by atoms with Gasteiger partial charge in [-0.25, -0.2) is 14.6 Å². The molecule has 0 radical (unpaired) electrons. The Morgan fingerprint density at radius 2 is 2.33 bits per heavy atom. The third-order valence-corrected chi connectivity index (χ3v) is 2.23. The van der Waals surface area contributed by atoms with Gasteiger partial charge in [0.2, 0.25) is 0 Å². The molecule has 0 aromatic carbocycles. The smallest absolute Gasteiger partial charge is 0.251 e. The van der Waals surface area contributed by atoms with Gasteiger partial charge < -0.3 is 5.73 Å². The second-order valence-corrected chi connectivity index (χ2v) is 4.00. The minimum atomic E-state index is -0.0829. The Balaban J connectivity index is 2.45. The van der Waals surface area contributed by atoms with Gasteiger partial charge in [0.15, 0.2) is 0 Å². The van der Waals surface area contributed by atoms with Crippen LogP contribution in [0.25, 0.3) is 5.95 Å². The molecule has 0 aliphatic carbocycles. The van der Waals surface area contributed by atoms with Crippen LogP contribution in [0.3, 0.4) is 0 Å². The maximum Gasteiger partial charge on any atom is 0.251 e. The quantitative estimate of drug-likeness (QED) is 0.481. The molecule has 0 atom stereocenters. The van der Waals surface area contributed by atoms with E-state index in [1.54, 1.807) is 24.7 Å². The highest BCUT2D eigenvalue weighted by molar-refractivity contribution is 14.1. The van der Waals surface area contributed by atoms with Crippen molar-refractivity contribution < 1.29 is 0 Å². The normalized spacial score (nSPS) is 10.2. The lowest BCUT2D eigenvalue weighted by Crippen LogP contribution is -2.15. The average Bonchev–Trinajstić information content (AvgIpc) is 2.65. The first-order chi connectivity index (χ1) is 7.16. The lowest BCUT2D eigenvalue weighted by atomic mass is 10.4. The van der Waals surface area contributed by atoms with E-state index < -0.39 is 0 Å². The minimum absolute atomic E-state index is 0.0829. The average molecular weight is 314 g/mol. The van der Waals surface area contributed by atoms with Crippen LogP contribution in [-0.2, 0) is 0 Å². The number of hydrogen-bond acceptors (Lipinski definition) is 4. The lowest BCUT2D eigenvalue weighted by Gasteiger charge is -2.00. The molecule has 0 fully saturated rings. The highest BCUT2D eigenvalue weighted by Crippen LogP contribution is 2.05. The Labute approximate surface area is 99.2 Å². The standard InChI is InChI=1S/C8H7IN6/c9-5-3-13-15(4-5)8-12-2-1-6(14-8)7(10)11/h1-4H,(H3,10,11). The zero-order chi connectivity index (χ0) is 10.8. The predicted molar refractivity (Wildman–Crippen MR) is 62.9 cm³/mol. The van der Waals surface area contributed by atoms with E-state index in [-0.39, 0.29) is 5.84 Å². The molecule has 0 amide bonds. The number of halogens is 1. The number of amidine groups is 1. The van der Waals surface area contributed by atoms with Crippen LogP contribution < -0.4 is 5.73 Å². The monoisotopic (exact) mass is 314 g/mol. The summed E-state index contributed by atoms with van der Waals surface area (Å²) >= 11 is 2.14. The molecule has 6 nitrogen and oxygen atoms in total. The number of hydrogen-bond donors (Lipinski definition) is 2. The zero-order valence-corrected chi connectivity index (χ0v) is 9.71. The summed E-state index contributed by atoms with van der Waals surface area (Å²) in [7, 11) is 0. The van der Waals surface area contributed by atoms with E-state index in [2.05, 4.69) is 37.7 Å². The van der Waals surface area contributed by atoms with Gasteiger partial charge in [0.25, 0.3) is 5.95 Å². The van der Waals surface area contributed by atoms with E-state index in [1.165, 1.54) is 4.68 Å². The van der Waals surface area contributed by atoms with Crippen molar-refractivity contribution in [2.75, 3.05) is 0 Å². The van der Waals surface area contributed by atoms with Crippen LogP contribution in [-0.4, -0.2) is 25.6 Å². The van der Waals surface area contributed by atoms with Gasteiger partial charge in [0.1, 0.15) is 11.5 Å². The Hall–Kier alpha value is -1.51. The highest BCUT2D eigenvalue weighted by Gasteiger charge is 2.04. The molecule has 2 aromatic rings. The SMILES string of the molecule is N=C(N)c1ccnc(-n2cc(I)cn2)n1. The Morgan fingerprint density at radius 3 is 2.93 bits per heavy atom. The lowest BCUT2D eigenvalue weighted by molar-refractivity contribution is 0.805. The van der Waals surface area contributed by atoms with Gasteiger partial charge in [-0.3, -0.25) is 5.41 Å². The van der Waals surface area contributed by atoms with Crippen LogP contribution in [0.2, 0.25) is 0 Å². The van der Waals surface area contributed by atoms with E-state index in [9.17, 15) is 0 Å². The topological polar surface area (TPSA) is 93.5 Å². The number of rotatable bonds is 2. The molecule has 2 rings (SSSR count). The number of aromatic nitrogens is 4. The summed E-state index contributed by atoms with van der Waals surface area (Å²) in [5.41, 5.74) is 5.72. The fourth-order valence-electron chi connectivity index (χ4n) is 1.02. The van der Waals surface area contributed by atoms with Gasteiger partial charge in [-0.1, -0.05) is 0 Å². The number of nitrogen functional groups attached to an aromatic ring is 1. The van der Waals surface area contributed by atoms with E-state index >= 15 is 0 Å². The summed E-state index contributed by atoms with van der Waals surface area (Å²) in [6.45, 7) is 0. The predicted octanol–water partition coefficient (Wildman–Crippen LogP) is 0.551. The van der Waals surface area contributed by atoms with Crippen LogP contribution in [0.5, 0.6) is 0 Å². The van der Waals surface area contributed by atoms with Crippen molar-refractivity contribution in [1.82, 2.24) is 19.7 Å². The van der Waals surface area contributed by atoms with Crippen molar-refractivity contribution >= 4 is 28.4 Å². The first-order valence-electron chi connectivity index (χ1n) is 4.05. The van der Waals surface area contributed by atoms with Crippen LogP contribution in [0.4, 0.5) is 0 Å². The Bertz CT molecular complexity index is 505. The first kappa shape index (κ1) is 10.0. The van der Waals surface area contributed by atoms with Crippen molar-refractivity contribution in [3.63, 3.8) is 0 Å². The van der Waals surface area contributed by atoms with Gasteiger partial charge in [0.05, 0.1) is 9.77 Å². The van der Waals surface area contributed by atoms with Gasteiger partial charge in [-0.15, -0.1) is 0 Å². The van der Waals surface area contributed by atoms with Crippen LogP contribution in [0, 0.1) is 8.98 Å². The van der Waals surface area contributed by atoms with E-state index in [0.717, 1.165) is 3.57 Å². The molecular weight excluding hydrogens is 307 g/mol. The van der Waals surface area contributed by atoms with Gasteiger partial charge in [-0.05, 0) is 28.7 Å². The molecule has 3 N–H and O–H groups in total. The zero-order valence-electron chi connectivity index (χ0n) is 7.55. The van der Waals surface area contributed by atoms with Crippen molar-refractivity contribution in [1.29, 1.82) is 5.41 Å². The molecule has 2 aromatic heterocycles. The fraction of sp³-hybridized carbons (Fsp3) is 0. The molecule has 0 unspecified atom stereocenters. The van der Waals surface area contributed by atoms with Crippen molar-refractivity contribution in [3.05, 3.63) is 33.9 Å². The summed E-state index contributed by atoms with van der Waals surface area (Å²) in [4.78, 5) is 8.13. The van der Waals surface area contributed by atoms with Crippen LogP contribution in [0.1, 0.15) is 5.69 Å². The summed E-state index contributed by atoms with van der Waals surface area (Å²) in [5, 5.41) is 11.3. The molecule has 2 heterocycles. The molecule has 15 heavy (non-hydrogen) atoms. The number of nitrogens with one attached hydrogen (secondary N) is 1. The van der Waals surface area contributed by atoms with Crippen molar-refractivity contribution in [3.8, 4) is 5.95 Å². The fourth-order valence-corrected chi connectivity index (χ4v) is 1.41. The van der Waals surface area contributed by atoms with Crippen molar-refractivity contribution in [2.24, 2.45) is 5.73 Å². The maximum atomic E-state index is 7.26. The largest absolute Gasteiger partial charge is 0.382 e. The number of nitrogens with two attached hydrogens (primary N) is 1. The molecule has 7 heteroatoms. The molecule has 0 saturated heterocycles. The maximum absolute atomic E-state index is 7.26. The van der Waals surface area contributed by atoms with Gasteiger partial charge >= 0.3 is 0 Å². The molecule has 0 bridgehead atoms. The molecule has 0 saturated carbocycles. The van der Waals surface area contributed by atoms with E-state index in [0.29, 0.717) is 11.6 Å². The molecule has 76 valence electrons. The highest BCUT2D eigenvalue weighted by atomic mass is 127. The third kappa shape index (κ3) is 2.12. The van der Waals surface area contributed by atoms with Gasteiger partial charge in [0, 0.05) is 12.4 Å². The summed E-state index contributed by atoms with van der Waals surface area (Å²) in [6, 6.07) is 1.58. The molecule has 0 aliphatic rings. The minimum Gasteiger partial charge on any atom is -0.382 e. The summed E-state index contributed by atoms with van der Waals surface area (Å²) in [6.07, 6.45) is 5.04. The molecule has 0 aliphatic heterocycles. The van der Waals surface area contributed by atoms with Crippen molar-refractivity contribution in [2.45, 2.75) is 0 Å².